The van der Waals surface area contributed by atoms with Crippen molar-refractivity contribution in [2.24, 2.45) is 11.3 Å². The standard InChI is InChI=1S/C13H21N3OS/c1-7(2)11-15-12(18-16-11)14-9-8-5-6-17-10(8)13(9,3)4/h7-10H,5-6H2,1-4H3,(H,14,15,16)/t8-,9-,10+/m1/s1. The van der Waals surface area contributed by atoms with Gasteiger partial charge in [-0.1, -0.05) is 27.7 Å². The molecule has 0 aromatic carbocycles. The maximum atomic E-state index is 5.81. The van der Waals surface area contributed by atoms with Crippen molar-refractivity contribution in [3.05, 3.63) is 5.82 Å². The molecule has 0 spiro atoms. The van der Waals surface area contributed by atoms with E-state index >= 15 is 0 Å². The van der Waals surface area contributed by atoms with Crippen molar-refractivity contribution in [3.63, 3.8) is 0 Å². The third-order valence-electron chi connectivity index (χ3n) is 4.34. The van der Waals surface area contributed by atoms with Crippen LogP contribution in [0.1, 0.15) is 45.9 Å². The highest BCUT2D eigenvalue weighted by Gasteiger charge is 2.59. The van der Waals surface area contributed by atoms with Gasteiger partial charge in [0.2, 0.25) is 5.13 Å². The van der Waals surface area contributed by atoms with Crippen LogP contribution in [0.3, 0.4) is 0 Å². The Hall–Kier alpha value is -0.680. The van der Waals surface area contributed by atoms with Crippen LogP contribution in [-0.4, -0.2) is 28.1 Å². The molecule has 0 bridgehead atoms. The van der Waals surface area contributed by atoms with Crippen LogP contribution in [0, 0.1) is 11.3 Å². The molecule has 0 radical (unpaired) electrons. The topological polar surface area (TPSA) is 47.0 Å². The lowest BCUT2D eigenvalue weighted by Crippen LogP contribution is -2.63. The predicted octanol–water partition coefficient (Wildman–Crippen LogP) is 2.89. The molecule has 3 rings (SSSR count). The molecule has 1 aromatic heterocycles. The average Bonchev–Trinajstić information content (AvgIpc) is 2.94. The number of nitrogens with zero attached hydrogens (tertiary/aromatic N) is 2. The molecule has 2 heterocycles. The lowest BCUT2D eigenvalue weighted by Gasteiger charge is -2.54. The van der Waals surface area contributed by atoms with Crippen LogP contribution in [0.2, 0.25) is 0 Å². The second kappa shape index (κ2) is 4.17. The number of aromatic nitrogens is 2. The minimum absolute atomic E-state index is 0.199. The summed E-state index contributed by atoms with van der Waals surface area (Å²) in [6.07, 6.45) is 1.59. The van der Waals surface area contributed by atoms with Gasteiger partial charge in [0.1, 0.15) is 5.82 Å². The number of hydrogen-bond donors (Lipinski definition) is 1. The smallest absolute Gasteiger partial charge is 0.202 e. The molecular formula is C13H21N3OS. The van der Waals surface area contributed by atoms with Crippen LogP contribution >= 0.6 is 11.5 Å². The van der Waals surface area contributed by atoms with E-state index in [1.165, 1.54) is 18.0 Å². The molecule has 1 saturated heterocycles. The van der Waals surface area contributed by atoms with Crippen molar-refractivity contribution in [2.45, 2.75) is 52.2 Å². The highest BCUT2D eigenvalue weighted by atomic mass is 32.1. The van der Waals surface area contributed by atoms with Crippen LogP contribution in [0.25, 0.3) is 0 Å². The van der Waals surface area contributed by atoms with Crippen LogP contribution in [0.4, 0.5) is 5.13 Å². The zero-order chi connectivity index (χ0) is 12.9. The first-order valence-electron chi connectivity index (χ1n) is 6.72. The summed E-state index contributed by atoms with van der Waals surface area (Å²) >= 11 is 1.48. The van der Waals surface area contributed by atoms with E-state index in [0.29, 0.717) is 24.0 Å². The fourth-order valence-electron chi connectivity index (χ4n) is 3.28. The predicted molar refractivity (Wildman–Crippen MR) is 73.0 cm³/mol. The normalized spacial score (nSPS) is 33.3. The number of ether oxygens (including phenoxy) is 1. The van der Waals surface area contributed by atoms with Gasteiger partial charge in [-0.25, -0.2) is 4.98 Å². The Labute approximate surface area is 112 Å². The largest absolute Gasteiger partial charge is 0.377 e. The van der Waals surface area contributed by atoms with E-state index in [1.807, 2.05) is 0 Å². The molecule has 1 N–H and O–H groups in total. The summed E-state index contributed by atoms with van der Waals surface area (Å²) in [5.41, 5.74) is 0.199. The van der Waals surface area contributed by atoms with Gasteiger partial charge in [-0.05, 0) is 6.42 Å². The quantitative estimate of drug-likeness (QED) is 0.914. The Morgan fingerprint density at radius 1 is 1.44 bits per heavy atom. The lowest BCUT2D eigenvalue weighted by molar-refractivity contribution is -0.0923. The zero-order valence-electron chi connectivity index (χ0n) is 11.4. The van der Waals surface area contributed by atoms with Crippen LogP contribution in [0.5, 0.6) is 0 Å². The van der Waals surface area contributed by atoms with Gasteiger partial charge >= 0.3 is 0 Å². The van der Waals surface area contributed by atoms with Gasteiger partial charge in [0, 0.05) is 41.4 Å². The first kappa shape index (κ1) is 12.4. The van der Waals surface area contributed by atoms with Crippen LogP contribution in [0.15, 0.2) is 0 Å². The Morgan fingerprint density at radius 3 is 2.89 bits per heavy atom. The number of anilines is 1. The SMILES string of the molecule is CC(C)c1nsc(N[C@@H]2[C@H]3CCO[C@@H]3C2(C)C)n1. The van der Waals surface area contributed by atoms with Crippen molar-refractivity contribution in [1.29, 1.82) is 0 Å². The second-order valence-corrected chi connectivity index (χ2v) is 7.05. The number of hydrogen-bond acceptors (Lipinski definition) is 5. The summed E-state index contributed by atoms with van der Waals surface area (Å²) in [4.78, 5) is 4.57. The Bertz CT molecular complexity index is 443. The maximum Gasteiger partial charge on any atom is 0.202 e. The van der Waals surface area contributed by atoms with E-state index in [0.717, 1.165) is 17.6 Å². The number of nitrogens with one attached hydrogen (secondary N) is 1. The molecular weight excluding hydrogens is 246 g/mol. The molecule has 0 amide bonds. The Balaban J connectivity index is 1.72. The Morgan fingerprint density at radius 2 is 2.22 bits per heavy atom. The molecule has 100 valence electrons. The van der Waals surface area contributed by atoms with Crippen molar-refractivity contribution in [2.75, 3.05) is 11.9 Å². The molecule has 2 aliphatic rings. The second-order valence-electron chi connectivity index (χ2n) is 6.30. The molecule has 4 nitrogen and oxygen atoms in total. The molecule has 5 heteroatoms. The molecule has 0 unspecified atom stereocenters. The van der Waals surface area contributed by atoms with E-state index in [9.17, 15) is 0 Å². The van der Waals surface area contributed by atoms with Gasteiger partial charge in [-0.3, -0.25) is 0 Å². The monoisotopic (exact) mass is 267 g/mol. The number of rotatable bonds is 3. The summed E-state index contributed by atoms with van der Waals surface area (Å²) in [6.45, 7) is 9.72. The highest BCUT2D eigenvalue weighted by Crippen LogP contribution is 2.53. The summed E-state index contributed by atoms with van der Waals surface area (Å²) in [5, 5.41) is 4.54. The fourth-order valence-corrected chi connectivity index (χ4v) is 4.02. The van der Waals surface area contributed by atoms with Gasteiger partial charge in [-0.2, -0.15) is 4.37 Å². The van der Waals surface area contributed by atoms with Gasteiger partial charge in [-0.15, -0.1) is 0 Å². The van der Waals surface area contributed by atoms with Crippen molar-refractivity contribution >= 4 is 16.7 Å². The van der Waals surface area contributed by atoms with E-state index in [2.05, 4.69) is 42.4 Å². The van der Waals surface area contributed by atoms with E-state index in [1.54, 1.807) is 0 Å². The van der Waals surface area contributed by atoms with E-state index in [-0.39, 0.29) is 5.41 Å². The fraction of sp³-hybridized carbons (Fsp3) is 0.846. The Kier molecular flexibility index (Phi) is 2.86. The summed E-state index contributed by atoms with van der Waals surface area (Å²) < 4.78 is 10.2. The minimum atomic E-state index is 0.199. The summed E-state index contributed by atoms with van der Waals surface area (Å²) in [7, 11) is 0. The third kappa shape index (κ3) is 1.75. The van der Waals surface area contributed by atoms with E-state index in [4.69, 9.17) is 4.74 Å². The highest BCUT2D eigenvalue weighted by molar-refractivity contribution is 7.09. The van der Waals surface area contributed by atoms with Gasteiger partial charge < -0.3 is 10.1 Å². The molecule has 1 aliphatic heterocycles. The van der Waals surface area contributed by atoms with Gasteiger partial charge in [0.15, 0.2) is 0 Å². The average molecular weight is 267 g/mol. The van der Waals surface area contributed by atoms with Crippen LogP contribution in [-0.2, 0) is 4.74 Å². The maximum absolute atomic E-state index is 5.81. The minimum Gasteiger partial charge on any atom is -0.377 e. The molecule has 2 fully saturated rings. The first-order chi connectivity index (χ1) is 8.50. The molecule has 1 aromatic rings. The molecule has 3 atom stereocenters. The molecule has 1 saturated carbocycles. The lowest BCUT2D eigenvalue weighted by atomic mass is 9.57. The van der Waals surface area contributed by atoms with Gasteiger partial charge in [0.25, 0.3) is 0 Å². The number of fused-ring (bicyclic) bond motifs is 1. The van der Waals surface area contributed by atoms with Gasteiger partial charge in [0.05, 0.1) is 6.10 Å². The molecule has 1 aliphatic carbocycles. The first-order valence-corrected chi connectivity index (χ1v) is 7.49. The third-order valence-corrected chi connectivity index (χ3v) is 5.00. The van der Waals surface area contributed by atoms with Crippen molar-refractivity contribution in [3.8, 4) is 0 Å². The zero-order valence-corrected chi connectivity index (χ0v) is 12.3. The molecule has 18 heavy (non-hydrogen) atoms. The summed E-state index contributed by atoms with van der Waals surface area (Å²) in [5.74, 6) is 1.99. The van der Waals surface area contributed by atoms with E-state index < -0.39 is 0 Å². The van der Waals surface area contributed by atoms with Crippen LogP contribution < -0.4 is 5.32 Å². The van der Waals surface area contributed by atoms with Crippen molar-refractivity contribution < 1.29 is 4.74 Å². The van der Waals surface area contributed by atoms with Crippen molar-refractivity contribution in [1.82, 2.24) is 9.36 Å². The summed E-state index contributed by atoms with van der Waals surface area (Å²) in [6, 6.07) is 0.470.